The van der Waals surface area contributed by atoms with Crippen molar-refractivity contribution < 1.29 is 0 Å². The number of aromatic nitrogens is 1. The molecular formula is C33H29NS. The fraction of sp³-hybridized carbons (Fsp3) is 0.182. The van der Waals surface area contributed by atoms with E-state index in [-0.39, 0.29) is 5.41 Å². The molecule has 35 heavy (non-hydrogen) atoms. The number of pyridine rings is 1. The van der Waals surface area contributed by atoms with E-state index in [1.165, 1.54) is 54.1 Å². The molecular weight excluding hydrogens is 442 g/mol. The van der Waals surface area contributed by atoms with Gasteiger partial charge in [0.2, 0.25) is 0 Å². The lowest BCUT2D eigenvalue weighted by Crippen LogP contribution is -2.10. The number of hydrogen-bond donors (Lipinski definition) is 0. The lowest BCUT2D eigenvalue weighted by atomic mass is 9.85. The quantitative estimate of drug-likeness (QED) is 0.249. The summed E-state index contributed by atoms with van der Waals surface area (Å²) in [5, 5.41) is 1.26. The summed E-state index contributed by atoms with van der Waals surface area (Å²) in [5.41, 5.74) is 11.4. The van der Waals surface area contributed by atoms with Crippen LogP contribution in [0.4, 0.5) is 0 Å². The normalized spacial score (nSPS) is 12.6. The number of aryl methyl sites for hydroxylation is 1. The lowest BCUT2D eigenvalue weighted by Gasteiger charge is -2.22. The third-order valence-electron chi connectivity index (χ3n) is 6.75. The highest BCUT2D eigenvalue weighted by Crippen LogP contribution is 2.51. The molecule has 0 radical (unpaired) electrons. The molecule has 6 rings (SSSR count). The first kappa shape index (κ1) is 22.1. The number of fused-ring (bicyclic) bond motifs is 6. The molecule has 0 amide bonds. The summed E-state index contributed by atoms with van der Waals surface area (Å²) >= 11 is 1.87. The molecule has 1 aliphatic heterocycles. The molecule has 0 N–H and O–H groups in total. The van der Waals surface area contributed by atoms with Crippen LogP contribution in [0.1, 0.15) is 31.9 Å². The topological polar surface area (TPSA) is 12.9 Å². The summed E-state index contributed by atoms with van der Waals surface area (Å²) in [6.07, 6.45) is 1.01. The molecule has 0 aliphatic carbocycles. The van der Waals surface area contributed by atoms with E-state index in [9.17, 15) is 0 Å². The molecule has 5 aromatic rings. The Morgan fingerprint density at radius 3 is 2.17 bits per heavy atom. The second kappa shape index (κ2) is 8.39. The first-order chi connectivity index (χ1) is 16.9. The van der Waals surface area contributed by atoms with Gasteiger partial charge in [0.05, 0.1) is 11.2 Å². The Kier molecular flexibility index (Phi) is 5.30. The summed E-state index contributed by atoms with van der Waals surface area (Å²) in [7, 11) is 0. The van der Waals surface area contributed by atoms with Crippen molar-refractivity contribution in [1.29, 1.82) is 0 Å². The summed E-state index contributed by atoms with van der Waals surface area (Å²) < 4.78 is 0. The zero-order chi connectivity index (χ0) is 24.2. The van der Waals surface area contributed by atoms with Crippen molar-refractivity contribution in [3.63, 3.8) is 0 Å². The molecule has 1 nitrogen and oxygen atoms in total. The zero-order valence-corrected chi connectivity index (χ0v) is 21.5. The minimum absolute atomic E-state index is 0.189. The van der Waals surface area contributed by atoms with Crippen LogP contribution in [-0.4, -0.2) is 4.98 Å². The summed E-state index contributed by atoms with van der Waals surface area (Å²) in [6.45, 7) is 9.16. The van der Waals surface area contributed by atoms with E-state index in [1.807, 2.05) is 11.8 Å². The van der Waals surface area contributed by atoms with Crippen molar-refractivity contribution in [3.8, 4) is 33.5 Å². The highest BCUT2D eigenvalue weighted by atomic mass is 32.2. The van der Waals surface area contributed by atoms with Gasteiger partial charge in [-0.1, -0.05) is 99.3 Å². The lowest BCUT2D eigenvalue weighted by molar-refractivity contribution is 0.412. The Morgan fingerprint density at radius 1 is 0.686 bits per heavy atom. The molecule has 0 spiro atoms. The first-order valence-corrected chi connectivity index (χ1v) is 13.1. The van der Waals surface area contributed by atoms with Crippen LogP contribution in [0.5, 0.6) is 0 Å². The van der Waals surface area contributed by atoms with Crippen molar-refractivity contribution in [2.45, 2.75) is 43.9 Å². The zero-order valence-electron chi connectivity index (χ0n) is 20.7. The van der Waals surface area contributed by atoms with Crippen LogP contribution in [0.15, 0.2) is 101 Å². The minimum atomic E-state index is 0.189. The average Bonchev–Trinajstić information content (AvgIpc) is 2.98. The van der Waals surface area contributed by atoms with Gasteiger partial charge in [0.15, 0.2) is 0 Å². The molecule has 0 fully saturated rings. The summed E-state index contributed by atoms with van der Waals surface area (Å²) in [5.74, 6) is 0. The monoisotopic (exact) mass is 471 g/mol. The Labute approximate surface area is 212 Å². The van der Waals surface area contributed by atoms with Crippen molar-refractivity contribution in [2.75, 3.05) is 0 Å². The van der Waals surface area contributed by atoms with E-state index in [2.05, 4.69) is 119 Å². The highest BCUT2D eigenvalue weighted by molar-refractivity contribution is 7.99. The van der Waals surface area contributed by atoms with E-state index in [1.54, 1.807) is 0 Å². The predicted molar refractivity (Wildman–Crippen MR) is 150 cm³/mol. The maximum atomic E-state index is 5.25. The molecule has 0 bridgehead atoms. The average molecular weight is 472 g/mol. The second-order valence-corrected chi connectivity index (χ2v) is 11.8. The van der Waals surface area contributed by atoms with E-state index in [0.29, 0.717) is 0 Å². The number of benzene rings is 4. The molecule has 1 aliphatic rings. The Hall–Kier alpha value is -3.36. The molecule has 1 aromatic heterocycles. The molecule has 0 saturated heterocycles. The molecule has 2 heterocycles. The maximum Gasteiger partial charge on any atom is 0.0721 e. The third kappa shape index (κ3) is 3.96. The standard InChI is InChI=1S/C33H29NS/c1-21-17-18-30-32(26-14-6-5-12-24(26)25-13-8-10-16-29(25)35-30)31(21)28-19-22(20-33(2,3)4)23-11-7-9-15-27(23)34-28/h5-19H,20H2,1-4H3. The Bertz CT molecular complexity index is 1590. The van der Waals surface area contributed by atoms with E-state index in [0.717, 1.165) is 17.6 Å². The predicted octanol–water partition coefficient (Wildman–Crippen LogP) is 9.60. The summed E-state index contributed by atoms with van der Waals surface area (Å²) in [4.78, 5) is 7.84. The molecule has 0 unspecified atom stereocenters. The van der Waals surface area contributed by atoms with Crippen molar-refractivity contribution in [1.82, 2.24) is 4.98 Å². The fourth-order valence-corrected chi connectivity index (χ4v) is 6.42. The fourth-order valence-electron chi connectivity index (χ4n) is 5.30. The van der Waals surface area contributed by atoms with Crippen LogP contribution in [0, 0.1) is 12.3 Å². The van der Waals surface area contributed by atoms with E-state index in [4.69, 9.17) is 4.98 Å². The maximum absolute atomic E-state index is 5.25. The Morgan fingerprint density at radius 2 is 1.37 bits per heavy atom. The van der Waals surface area contributed by atoms with E-state index < -0.39 is 0 Å². The largest absolute Gasteiger partial charge is 0.248 e. The number of nitrogens with zero attached hydrogens (tertiary/aromatic N) is 1. The molecule has 172 valence electrons. The van der Waals surface area contributed by atoms with E-state index >= 15 is 0 Å². The van der Waals surface area contributed by atoms with Gasteiger partial charge in [0, 0.05) is 26.3 Å². The van der Waals surface area contributed by atoms with Gasteiger partial charge in [0.1, 0.15) is 0 Å². The molecule has 2 heteroatoms. The van der Waals surface area contributed by atoms with Crippen molar-refractivity contribution in [3.05, 3.63) is 102 Å². The van der Waals surface area contributed by atoms with Crippen LogP contribution in [0.3, 0.4) is 0 Å². The molecule has 0 atom stereocenters. The summed E-state index contributed by atoms with van der Waals surface area (Å²) in [6, 6.07) is 33.1. The number of para-hydroxylation sites is 1. The van der Waals surface area contributed by atoms with Crippen LogP contribution in [0.2, 0.25) is 0 Å². The SMILES string of the molecule is Cc1ccc2c(c1-c1cc(CC(C)(C)C)c3ccccc3n1)-c1ccccc1-c1ccccc1S2. The van der Waals surface area contributed by atoms with Crippen LogP contribution >= 0.6 is 11.8 Å². The molecule has 0 saturated carbocycles. The van der Waals surface area contributed by atoms with Gasteiger partial charge < -0.3 is 0 Å². The smallest absolute Gasteiger partial charge is 0.0721 e. The van der Waals surface area contributed by atoms with Gasteiger partial charge >= 0.3 is 0 Å². The van der Waals surface area contributed by atoms with Crippen molar-refractivity contribution >= 4 is 22.7 Å². The van der Waals surface area contributed by atoms with Gasteiger partial charge in [-0.2, -0.15) is 0 Å². The van der Waals surface area contributed by atoms with Gasteiger partial charge in [0.25, 0.3) is 0 Å². The van der Waals surface area contributed by atoms with Gasteiger partial charge in [-0.05, 0) is 70.8 Å². The third-order valence-corrected chi connectivity index (χ3v) is 7.88. The minimum Gasteiger partial charge on any atom is -0.248 e. The Balaban J connectivity index is 1.67. The molecule has 4 aromatic carbocycles. The number of hydrogen-bond acceptors (Lipinski definition) is 2. The van der Waals surface area contributed by atoms with Gasteiger partial charge in [-0.25, -0.2) is 4.98 Å². The van der Waals surface area contributed by atoms with Crippen molar-refractivity contribution in [2.24, 2.45) is 5.41 Å². The van der Waals surface area contributed by atoms with Crippen LogP contribution < -0.4 is 0 Å². The highest BCUT2D eigenvalue weighted by Gasteiger charge is 2.25. The van der Waals surface area contributed by atoms with Gasteiger partial charge in [-0.3, -0.25) is 0 Å². The van der Waals surface area contributed by atoms with Crippen LogP contribution in [-0.2, 0) is 6.42 Å². The van der Waals surface area contributed by atoms with Gasteiger partial charge in [-0.15, -0.1) is 0 Å². The number of rotatable bonds is 2. The van der Waals surface area contributed by atoms with Crippen LogP contribution in [0.25, 0.3) is 44.4 Å². The first-order valence-electron chi connectivity index (χ1n) is 12.3. The second-order valence-electron chi connectivity index (χ2n) is 10.7.